The molecule has 2 amide bonds. The molecule has 0 radical (unpaired) electrons. The Labute approximate surface area is 142 Å². The van der Waals surface area contributed by atoms with Crippen LogP contribution in [-0.2, 0) is 4.79 Å². The summed E-state index contributed by atoms with van der Waals surface area (Å²) in [7, 11) is 0. The second-order valence-corrected chi connectivity index (χ2v) is 5.49. The number of benzene rings is 2. The topological polar surface area (TPSA) is 67.4 Å². The van der Waals surface area contributed by atoms with Crippen LogP contribution < -0.4 is 15.4 Å². The summed E-state index contributed by atoms with van der Waals surface area (Å²) in [5, 5.41) is 5.53. The normalized spacial score (nSPS) is 10.1. The van der Waals surface area contributed by atoms with Gasteiger partial charge in [0.2, 0.25) is 0 Å². The van der Waals surface area contributed by atoms with Crippen LogP contribution in [0.15, 0.2) is 48.5 Å². The van der Waals surface area contributed by atoms with E-state index in [1.807, 2.05) is 38.1 Å². The van der Waals surface area contributed by atoms with Gasteiger partial charge in [-0.2, -0.15) is 0 Å². The van der Waals surface area contributed by atoms with Crippen molar-refractivity contribution < 1.29 is 14.3 Å². The number of ether oxygens (including phenoxy) is 1. The van der Waals surface area contributed by atoms with Gasteiger partial charge in [-0.05, 0) is 43.7 Å². The van der Waals surface area contributed by atoms with Gasteiger partial charge >= 0.3 is 0 Å². The molecule has 2 aromatic carbocycles. The molecule has 0 atom stereocenters. The van der Waals surface area contributed by atoms with Gasteiger partial charge in [0.15, 0.2) is 6.61 Å². The predicted octanol–water partition coefficient (Wildman–Crippen LogP) is 3.15. The number of rotatable bonds is 7. The maximum Gasteiger partial charge on any atom is 0.262 e. The first-order chi connectivity index (χ1) is 11.6. The number of carbonyl (C=O) groups is 2. The van der Waals surface area contributed by atoms with Crippen molar-refractivity contribution in [2.75, 3.05) is 18.5 Å². The quantitative estimate of drug-likeness (QED) is 0.821. The molecule has 0 unspecified atom stereocenters. The van der Waals surface area contributed by atoms with Gasteiger partial charge in [-0.3, -0.25) is 9.59 Å². The number of aryl methyl sites for hydroxylation is 1. The zero-order valence-electron chi connectivity index (χ0n) is 14.0. The molecular weight excluding hydrogens is 304 g/mol. The minimum absolute atomic E-state index is 0.0880. The maximum atomic E-state index is 12.0. The number of anilines is 1. The number of amides is 2. The minimum Gasteiger partial charge on any atom is -0.484 e. The molecule has 0 aromatic heterocycles. The smallest absolute Gasteiger partial charge is 0.262 e. The third kappa shape index (κ3) is 5.43. The van der Waals surface area contributed by atoms with E-state index in [4.69, 9.17) is 4.74 Å². The molecule has 0 saturated heterocycles. The van der Waals surface area contributed by atoms with Gasteiger partial charge in [0.1, 0.15) is 5.75 Å². The third-order valence-corrected chi connectivity index (χ3v) is 3.33. The highest BCUT2D eigenvalue weighted by atomic mass is 16.5. The van der Waals surface area contributed by atoms with Crippen LogP contribution in [0.4, 0.5) is 5.69 Å². The zero-order chi connectivity index (χ0) is 17.4. The lowest BCUT2D eigenvalue weighted by Crippen LogP contribution is -2.24. The fourth-order valence-electron chi connectivity index (χ4n) is 2.06. The number of nitrogens with one attached hydrogen (secondary N) is 2. The summed E-state index contributed by atoms with van der Waals surface area (Å²) in [6.07, 6.45) is 0.874. The van der Waals surface area contributed by atoms with Gasteiger partial charge in [-0.1, -0.05) is 30.7 Å². The van der Waals surface area contributed by atoms with E-state index < -0.39 is 0 Å². The largest absolute Gasteiger partial charge is 0.484 e. The highest BCUT2D eigenvalue weighted by Gasteiger charge is 2.08. The molecule has 24 heavy (non-hydrogen) atoms. The van der Waals surface area contributed by atoms with Crippen molar-refractivity contribution in [2.24, 2.45) is 0 Å². The number of carbonyl (C=O) groups excluding carboxylic acids is 2. The molecule has 0 aliphatic rings. The summed E-state index contributed by atoms with van der Waals surface area (Å²) < 4.78 is 5.43. The van der Waals surface area contributed by atoms with Crippen LogP contribution in [0, 0.1) is 6.92 Å². The molecule has 2 rings (SSSR count). The van der Waals surface area contributed by atoms with E-state index in [1.165, 1.54) is 0 Å². The Morgan fingerprint density at radius 2 is 1.83 bits per heavy atom. The van der Waals surface area contributed by atoms with E-state index in [1.54, 1.807) is 24.3 Å². The van der Waals surface area contributed by atoms with Crippen molar-refractivity contribution in [2.45, 2.75) is 20.3 Å². The van der Waals surface area contributed by atoms with Crippen molar-refractivity contribution in [3.05, 3.63) is 59.7 Å². The van der Waals surface area contributed by atoms with Crippen LogP contribution in [0.5, 0.6) is 5.75 Å². The molecule has 0 bridgehead atoms. The summed E-state index contributed by atoms with van der Waals surface area (Å²) >= 11 is 0. The fourth-order valence-corrected chi connectivity index (χ4v) is 2.06. The van der Waals surface area contributed by atoms with Gasteiger partial charge in [0.05, 0.1) is 0 Å². The van der Waals surface area contributed by atoms with E-state index in [9.17, 15) is 9.59 Å². The van der Waals surface area contributed by atoms with Gasteiger partial charge in [-0.15, -0.1) is 0 Å². The lowest BCUT2D eigenvalue weighted by Gasteiger charge is -2.09. The third-order valence-electron chi connectivity index (χ3n) is 3.33. The lowest BCUT2D eigenvalue weighted by molar-refractivity contribution is -0.118. The van der Waals surface area contributed by atoms with Crippen LogP contribution in [0.25, 0.3) is 0 Å². The van der Waals surface area contributed by atoms with E-state index in [0.717, 1.165) is 12.0 Å². The molecule has 2 N–H and O–H groups in total. The van der Waals surface area contributed by atoms with Crippen molar-refractivity contribution >= 4 is 17.5 Å². The van der Waals surface area contributed by atoms with Gasteiger partial charge in [0.25, 0.3) is 11.8 Å². The van der Waals surface area contributed by atoms with Crippen molar-refractivity contribution in [3.63, 3.8) is 0 Å². The monoisotopic (exact) mass is 326 g/mol. The molecule has 0 spiro atoms. The Kier molecular flexibility index (Phi) is 6.37. The summed E-state index contributed by atoms with van der Waals surface area (Å²) in [5.41, 5.74) is 2.21. The predicted molar refractivity (Wildman–Crippen MR) is 94.4 cm³/mol. The van der Waals surface area contributed by atoms with Crippen LogP contribution in [0.3, 0.4) is 0 Å². The highest BCUT2D eigenvalue weighted by molar-refractivity contribution is 5.97. The molecule has 0 saturated carbocycles. The summed E-state index contributed by atoms with van der Waals surface area (Å²) in [6.45, 7) is 4.51. The van der Waals surface area contributed by atoms with Crippen LogP contribution in [0.1, 0.15) is 29.3 Å². The van der Waals surface area contributed by atoms with E-state index in [0.29, 0.717) is 23.5 Å². The average molecular weight is 326 g/mol. The summed E-state index contributed by atoms with van der Waals surface area (Å²) in [6, 6.07) is 14.3. The standard InChI is InChI=1S/C19H22N2O3/c1-3-11-20-19(23)15-5-4-6-16(12-15)21-18(22)13-24-17-9-7-14(2)8-10-17/h4-10,12H,3,11,13H2,1-2H3,(H,20,23)(H,21,22). The maximum absolute atomic E-state index is 12.0. The molecular formula is C19H22N2O3. The van der Waals surface area contributed by atoms with Crippen molar-refractivity contribution in [1.29, 1.82) is 0 Å². The Hall–Kier alpha value is -2.82. The summed E-state index contributed by atoms with van der Waals surface area (Å²) in [5.74, 6) is 0.217. The second-order valence-electron chi connectivity index (χ2n) is 5.49. The first-order valence-electron chi connectivity index (χ1n) is 7.96. The Morgan fingerprint density at radius 1 is 1.08 bits per heavy atom. The Bertz CT molecular complexity index is 696. The SMILES string of the molecule is CCCNC(=O)c1cccc(NC(=O)COc2ccc(C)cc2)c1. The molecule has 0 fully saturated rings. The van der Waals surface area contributed by atoms with Gasteiger partial charge in [0, 0.05) is 17.8 Å². The average Bonchev–Trinajstić information content (AvgIpc) is 2.59. The highest BCUT2D eigenvalue weighted by Crippen LogP contribution is 2.13. The molecule has 0 aliphatic carbocycles. The molecule has 5 heteroatoms. The minimum atomic E-state index is -0.276. The molecule has 2 aromatic rings. The first-order valence-corrected chi connectivity index (χ1v) is 7.96. The molecule has 5 nitrogen and oxygen atoms in total. The van der Waals surface area contributed by atoms with E-state index in [2.05, 4.69) is 10.6 Å². The van der Waals surface area contributed by atoms with Gasteiger partial charge in [-0.25, -0.2) is 0 Å². The fraction of sp³-hybridized carbons (Fsp3) is 0.263. The summed E-state index contributed by atoms with van der Waals surface area (Å²) in [4.78, 5) is 23.9. The Morgan fingerprint density at radius 3 is 2.54 bits per heavy atom. The van der Waals surface area contributed by atoms with Crippen molar-refractivity contribution in [1.82, 2.24) is 5.32 Å². The number of hydrogen-bond acceptors (Lipinski definition) is 3. The van der Waals surface area contributed by atoms with Gasteiger partial charge < -0.3 is 15.4 Å². The number of hydrogen-bond donors (Lipinski definition) is 2. The van der Waals surface area contributed by atoms with E-state index in [-0.39, 0.29) is 18.4 Å². The molecule has 0 aliphatic heterocycles. The van der Waals surface area contributed by atoms with Crippen molar-refractivity contribution in [3.8, 4) is 5.75 Å². The van der Waals surface area contributed by atoms with Crippen LogP contribution in [-0.4, -0.2) is 25.0 Å². The first kappa shape index (κ1) is 17.5. The lowest BCUT2D eigenvalue weighted by atomic mass is 10.2. The van der Waals surface area contributed by atoms with Crippen LogP contribution in [0.2, 0.25) is 0 Å². The second kappa shape index (κ2) is 8.72. The van der Waals surface area contributed by atoms with Crippen LogP contribution >= 0.6 is 0 Å². The molecule has 126 valence electrons. The zero-order valence-corrected chi connectivity index (χ0v) is 14.0. The Balaban J connectivity index is 1.89. The van der Waals surface area contributed by atoms with E-state index >= 15 is 0 Å². The molecule has 0 heterocycles.